The number of thiocarbonyl (C=S) groups is 1. The zero-order chi connectivity index (χ0) is 22.8. The quantitative estimate of drug-likeness (QED) is 0.376. The van der Waals surface area contributed by atoms with E-state index >= 15 is 0 Å². The Balaban J connectivity index is 1.52. The molecular formula is C27H23Cl2N3S. The third-order valence-electron chi connectivity index (χ3n) is 6.16. The van der Waals surface area contributed by atoms with E-state index in [-0.39, 0.29) is 12.0 Å². The first-order chi connectivity index (χ1) is 16.1. The molecule has 166 valence electrons. The van der Waals surface area contributed by atoms with Crippen molar-refractivity contribution in [2.75, 3.05) is 5.32 Å². The minimum absolute atomic E-state index is 0.0231. The monoisotopic (exact) mass is 491 g/mol. The Morgan fingerprint density at radius 3 is 2.30 bits per heavy atom. The van der Waals surface area contributed by atoms with E-state index in [0.717, 1.165) is 51.8 Å². The molecular weight excluding hydrogens is 469 g/mol. The molecule has 0 amide bonds. The van der Waals surface area contributed by atoms with E-state index in [0.29, 0.717) is 5.11 Å². The number of fused-ring (bicyclic) bond motifs is 1. The van der Waals surface area contributed by atoms with Gasteiger partial charge in [-0.15, -0.1) is 0 Å². The largest absolute Gasteiger partial charge is 0.331 e. The molecule has 0 saturated heterocycles. The number of hydrogen-bond acceptors (Lipinski definition) is 2. The number of benzene rings is 3. The molecule has 1 fully saturated rings. The zero-order valence-electron chi connectivity index (χ0n) is 17.9. The lowest BCUT2D eigenvalue weighted by Gasteiger charge is -2.31. The van der Waals surface area contributed by atoms with E-state index in [2.05, 4.69) is 23.5 Å². The summed E-state index contributed by atoms with van der Waals surface area (Å²) in [6.45, 7) is 0. The van der Waals surface area contributed by atoms with Gasteiger partial charge in [0.15, 0.2) is 5.11 Å². The normalized spacial score (nSPS) is 21.0. The van der Waals surface area contributed by atoms with Gasteiger partial charge in [-0.05, 0) is 90.7 Å². The molecule has 33 heavy (non-hydrogen) atoms. The maximum absolute atomic E-state index is 6.19. The molecule has 0 spiro atoms. The highest BCUT2D eigenvalue weighted by Gasteiger charge is 2.42. The first-order valence-corrected chi connectivity index (χ1v) is 12.2. The van der Waals surface area contributed by atoms with Crippen molar-refractivity contribution in [2.24, 2.45) is 11.0 Å². The van der Waals surface area contributed by atoms with Crippen LogP contribution < -0.4 is 5.32 Å². The van der Waals surface area contributed by atoms with Gasteiger partial charge in [0.1, 0.15) is 0 Å². The third kappa shape index (κ3) is 4.84. The second kappa shape index (κ2) is 9.68. The van der Waals surface area contributed by atoms with Gasteiger partial charge in [0.2, 0.25) is 0 Å². The van der Waals surface area contributed by atoms with Crippen LogP contribution in [-0.4, -0.2) is 15.8 Å². The summed E-state index contributed by atoms with van der Waals surface area (Å²) in [4.78, 5) is 0. The molecule has 1 saturated carbocycles. The Hall–Kier alpha value is -2.66. The van der Waals surface area contributed by atoms with E-state index in [1.54, 1.807) is 0 Å². The number of anilines is 1. The molecule has 0 bridgehead atoms. The second-order valence-electron chi connectivity index (χ2n) is 8.34. The molecule has 0 radical (unpaired) electrons. The van der Waals surface area contributed by atoms with Crippen molar-refractivity contribution in [2.45, 2.75) is 25.3 Å². The van der Waals surface area contributed by atoms with Crippen molar-refractivity contribution >= 4 is 58.0 Å². The Morgan fingerprint density at radius 2 is 1.61 bits per heavy atom. The molecule has 2 aliphatic rings. The molecule has 0 aromatic heterocycles. The summed E-state index contributed by atoms with van der Waals surface area (Å²) in [5, 5.41) is 12.5. The van der Waals surface area contributed by atoms with Crippen LogP contribution in [0.3, 0.4) is 0 Å². The predicted octanol–water partition coefficient (Wildman–Crippen LogP) is 7.99. The van der Waals surface area contributed by atoms with Gasteiger partial charge in [0, 0.05) is 21.7 Å². The summed E-state index contributed by atoms with van der Waals surface area (Å²) in [6.07, 6.45) is 5.41. The van der Waals surface area contributed by atoms with Crippen molar-refractivity contribution < 1.29 is 0 Å². The predicted molar refractivity (Wildman–Crippen MR) is 143 cm³/mol. The van der Waals surface area contributed by atoms with Crippen molar-refractivity contribution in [3.8, 4) is 0 Å². The first kappa shape index (κ1) is 22.1. The van der Waals surface area contributed by atoms with Gasteiger partial charge in [-0.25, -0.2) is 5.01 Å². The van der Waals surface area contributed by atoms with Gasteiger partial charge in [-0.1, -0.05) is 65.7 Å². The van der Waals surface area contributed by atoms with Crippen molar-refractivity contribution in [3.63, 3.8) is 0 Å². The van der Waals surface area contributed by atoms with Gasteiger partial charge in [0.25, 0.3) is 0 Å². The van der Waals surface area contributed by atoms with E-state index in [1.165, 1.54) is 5.57 Å². The van der Waals surface area contributed by atoms with Crippen molar-refractivity contribution in [1.82, 2.24) is 5.01 Å². The van der Waals surface area contributed by atoms with Gasteiger partial charge in [0.05, 0.1) is 11.8 Å². The molecule has 3 nitrogen and oxygen atoms in total. The van der Waals surface area contributed by atoms with Crippen molar-refractivity contribution in [3.05, 3.63) is 106 Å². The van der Waals surface area contributed by atoms with Crippen LogP contribution in [-0.2, 0) is 0 Å². The van der Waals surface area contributed by atoms with Gasteiger partial charge in [-0.2, -0.15) is 5.10 Å². The molecule has 0 unspecified atom stereocenters. The Labute approximate surface area is 209 Å². The SMILES string of the molecule is S=C(Nc1ccccc1)N1N=C2/C(=C/c3ccc(Cl)cc3)CCC[C@@H]2[C@@H]1c1ccc(Cl)cc1. The summed E-state index contributed by atoms with van der Waals surface area (Å²) in [6, 6.07) is 26.0. The molecule has 6 heteroatoms. The third-order valence-corrected chi connectivity index (χ3v) is 6.95. The van der Waals surface area contributed by atoms with Crippen LogP contribution in [0.1, 0.15) is 36.4 Å². The maximum atomic E-state index is 6.19. The fraction of sp³-hybridized carbons (Fsp3) is 0.185. The lowest BCUT2D eigenvalue weighted by Crippen LogP contribution is -2.34. The van der Waals surface area contributed by atoms with Crippen molar-refractivity contribution in [1.29, 1.82) is 0 Å². The van der Waals surface area contributed by atoms with Crippen LogP contribution in [0, 0.1) is 5.92 Å². The van der Waals surface area contributed by atoms with Crippen LogP contribution in [0.15, 0.2) is 89.5 Å². The number of halogens is 2. The Bertz CT molecular complexity index is 1200. The molecule has 1 aliphatic heterocycles. The topological polar surface area (TPSA) is 27.6 Å². The second-order valence-corrected chi connectivity index (χ2v) is 9.60. The van der Waals surface area contributed by atoms with E-state index in [1.807, 2.05) is 71.7 Å². The fourth-order valence-corrected chi connectivity index (χ4v) is 5.15. The average molecular weight is 492 g/mol. The number of hydrogen-bond donors (Lipinski definition) is 1. The number of nitrogens with one attached hydrogen (secondary N) is 1. The summed E-state index contributed by atoms with van der Waals surface area (Å²) >= 11 is 18.1. The summed E-state index contributed by atoms with van der Waals surface area (Å²) in [7, 11) is 0. The van der Waals surface area contributed by atoms with E-state index < -0.39 is 0 Å². The molecule has 3 aromatic rings. The smallest absolute Gasteiger partial charge is 0.194 e. The molecule has 1 heterocycles. The Kier molecular flexibility index (Phi) is 6.50. The van der Waals surface area contributed by atoms with Crippen LogP contribution in [0.25, 0.3) is 6.08 Å². The van der Waals surface area contributed by atoms with Crippen LogP contribution >= 0.6 is 35.4 Å². The molecule has 5 rings (SSSR count). The lowest BCUT2D eigenvalue weighted by molar-refractivity contribution is 0.307. The minimum atomic E-state index is 0.0231. The van der Waals surface area contributed by atoms with Gasteiger partial charge >= 0.3 is 0 Å². The van der Waals surface area contributed by atoms with E-state index in [9.17, 15) is 0 Å². The Morgan fingerprint density at radius 1 is 0.939 bits per heavy atom. The number of hydrazone groups is 1. The molecule has 1 N–H and O–H groups in total. The van der Waals surface area contributed by atoms with E-state index in [4.69, 9.17) is 40.5 Å². The molecule has 2 atom stereocenters. The lowest BCUT2D eigenvalue weighted by atomic mass is 9.77. The fourth-order valence-electron chi connectivity index (χ4n) is 4.62. The average Bonchev–Trinajstić information content (AvgIpc) is 3.23. The molecule has 1 aliphatic carbocycles. The number of nitrogens with zero attached hydrogens (tertiary/aromatic N) is 2. The first-order valence-electron chi connectivity index (χ1n) is 11.0. The van der Waals surface area contributed by atoms with Gasteiger partial charge < -0.3 is 5.32 Å². The number of para-hydroxylation sites is 1. The highest BCUT2D eigenvalue weighted by molar-refractivity contribution is 7.80. The highest BCUT2D eigenvalue weighted by atomic mass is 35.5. The maximum Gasteiger partial charge on any atom is 0.194 e. The summed E-state index contributed by atoms with van der Waals surface area (Å²) < 4.78 is 0. The van der Waals surface area contributed by atoms with Crippen LogP contribution in [0.4, 0.5) is 5.69 Å². The van der Waals surface area contributed by atoms with Crippen LogP contribution in [0.2, 0.25) is 10.0 Å². The highest BCUT2D eigenvalue weighted by Crippen LogP contribution is 2.44. The number of rotatable bonds is 3. The van der Waals surface area contributed by atoms with Gasteiger partial charge in [-0.3, -0.25) is 0 Å². The van der Waals surface area contributed by atoms with Crippen LogP contribution in [0.5, 0.6) is 0 Å². The summed E-state index contributed by atoms with van der Waals surface area (Å²) in [5.74, 6) is 0.258. The number of allylic oxidation sites excluding steroid dienone is 1. The molecule has 3 aromatic carbocycles. The minimum Gasteiger partial charge on any atom is -0.331 e. The summed E-state index contributed by atoms with van der Waals surface area (Å²) in [5.41, 5.74) is 5.62. The standard InChI is InChI=1S/C27H23Cl2N3S/c28-21-13-9-18(10-14-21)17-20-5-4-8-24-25(20)31-32(26(24)19-11-15-22(29)16-12-19)27(33)30-23-6-2-1-3-7-23/h1-3,6-7,9-17,24,26H,4-5,8H2,(H,30,33)/b20-17+/t24-,26-/m0/s1. The zero-order valence-corrected chi connectivity index (χ0v) is 20.2.